The largest absolute Gasteiger partial charge is 0.461 e. The molecular weight excluding hydrogens is 368 g/mol. The highest BCUT2D eigenvalue weighted by Gasteiger charge is 2.26. The second-order valence-corrected chi connectivity index (χ2v) is 6.55. The molecule has 27 heavy (non-hydrogen) atoms. The van der Waals surface area contributed by atoms with Crippen LogP contribution in [0.3, 0.4) is 0 Å². The van der Waals surface area contributed by atoms with Gasteiger partial charge in [-0.05, 0) is 43.3 Å². The summed E-state index contributed by atoms with van der Waals surface area (Å²) >= 11 is 5.97. The van der Waals surface area contributed by atoms with Crippen molar-refractivity contribution in [2.75, 3.05) is 18.1 Å². The van der Waals surface area contributed by atoms with Gasteiger partial charge in [0.25, 0.3) is 0 Å². The van der Waals surface area contributed by atoms with Crippen LogP contribution in [-0.2, 0) is 17.7 Å². The summed E-state index contributed by atoms with van der Waals surface area (Å²) in [5.74, 6) is 0.959. The summed E-state index contributed by atoms with van der Waals surface area (Å²) in [5.41, 5.74) is 3.11. The topological polar surface area (TPSA) is 81.4 Å². The monoisotopic (exact) mass is 384 g/mol. The van der Waals surface area contributed by atoms with Gasteiger partial charge in [0.15, 0.2) is 17.3 Å². The van der Waals surface area contributed by atoms with Crippen molar-refractivity contribution in [2.24, 2.45) is 0 Å². The smallest absolute Gasteiger partial charge is 0.358 e. The number of carbonyl (C=O) groups excluding carboxylic acids is 1. The second-order valence-electron chi connectivity index (χ2n) is 6.11. The average molecular weight is 385 g/mol. The van der Waals surface area contributed by atoms with Crippen LogP contribution in [0, 0.1) is 0 Å². The molecule has 0 radical (unpaired) electrons. The van der Waals surface area contributed by atoms with E-state index < -0.39 is 5.97 Å². The van der Waals surface area contributed by atoms with Crippen molar-refractivity contribution in [3.05, 3.63) is 58.4 Å². The molecule has 1 aliphatic rings. The average Bonchev–Trinajstić information content (AvgIpc) is 3.12. The van der Waals surface area contributed by atoms with Crippen LogP contribution in [0.5, 0.6) is 0 Å². The van der Waals surface area contributed by atoms with Crippen LogP contribution < -0.4 is 4.90 Å². The number of anilines is 1. The van der Waals surface area contributed by atoms with E-state index in [1.165, 1.54) is 0 Å². The molecule has 2 aromatic heterocycles. The molecule has 0 bridgehead atoms. The lowest BCUT2D eigenvalue weighted by molar-refractivity contribution is 0.0518. The van der Waals surface area contributed by atoms with Crippen molar-refractivity contribution in [1.82, 2.24) is 15.4 Å². The first-order valence-corrected chi connectivity index (χ1v) is 9.02. The lowest BCUT2D eigenvalue weighted by atomic mass is 10.0. The number of carbonyl (C=O) groups is 1. The summed E-state index contributed by atoms with van der Waals surface area (Å²) in [5, 5.41) is 13.1. The van der Waals surface area contributed by atoms with Gasteiger partial charge in [0.1, 0.15) is 0 Å². The summed E-state index contributed by atoms with van der Waals surface area (Å²) in [6.07, 6.45) is 0.744. The SMILES string of the molecule is CCOC(=O)c1ccc(N2CCc3noc(-c4ccc(Cl)cc4)c3C2)nn1. The van der Waals surface area contributed by atoms with Crippen LogP contribution in [-0.4, -0.2) is 34.5 Å². The summed E-state index contributed by atoms with van der Waals surface area (Å²) in [7, 11) is 0. The molecule has 0 saturated carbocycles. The number of hydrogen-bond acceptors (Lipinski definition) is 7. The summed E-state index contributed by atoms with van der Waals surface area (Å²) < 4.78 is 10.5. The number of ether oxygens (including phenoxy) is 1. The minimum absolute atomic E-state index is 0.199. The Hall–Kier alpha value is -2.93. The molecule has 3 heterocycles. The van der Waals surface area contributed by atoms with E-state index in [0.29, 0.717) is 24.0 Å². The van der Waals surface area contributed by atoms with Crippen molar-refractivity contribution >= 4 is 23.4 Å². The number of fused-ring (bicyclic) bond motifs is 1. The molecule has 7 nitrogen and oxygen atoms in total. The number of esters is 1. The molecule has 0 N–H and O–H groups in total. The van der Waals surface area contributed by atoms with E-state index in [1.54, 1.807) is 19.1 Å². The van der Waals surface area contributed by atoms with Gasteiger partial charge in [-0.2, -0.15) is 0 Å². The zero-order valence-electron chi connectivity index (χ0n) is 14.7. The van der Waals surface area contributed by atoms with Crippen molar-refractivity contribution in [1.29, 1.82) is 0 Å². The van der Waals surface area contributed by atoms with Gasteiger partial charge < -0.3 is 14.2 Å². The predicted molar refractivity (Wildman–Crippen MR) is 99.7 cm³/mol. The standard InChI is InChI=1S/C19H17ClN4O3/c1-2-26-19(25)16-7-8-17(22-21-16)24-10-9-15-14(11-24)18(27-23-15)12-3-5-13(20)6-4-12/h3-8H,2,9-11H2,1H3. The third-order valence-corrected chi connectivity index (χ3v) is 4.65. The van der Waals surface area contributed by atoms with Crippen LogP contribution in [0.4, 0.5) is 5.82 Å². The van der Waals surface area contributed by atoms with E-state index in [4.69, 9.17) is 20.9 Å². The molecule has 1 aliphatic heterocycles. The van der Waals surface area contributed by atoms with Crippen LogP contribution in [0.1, 0.15) is 28.7 Å². The Bertz CT molecular complexity index is 954. The van der Waals surface area contributed by atoms with Crippen molar-refractivity contribution in [3.8, 4) is 11.3 Å². The zero-order valence-corrected chi connectivity index (χ0v) is 15.4. The number of halogens is 1. The maximum Gasteiger partial charge on any atom is 0.358 e. The van der Waals surface area contributed by atoms with Gasteiger partial charge in [0.05, 0.1) is 18.8 Å². The number of nitrogens with zero attached hydrogens (tertiary/aromatic N) is 4. The summed E-state index contributed by atoms with van der Waals surface area (Å²) in [4.78, 5) is 13.8. The maximum absolute atomic E-state index is 11.7. The molecule has 0 saturated heterocycles. The lowest BCUT2D eigenvalue weighted by Crippen LogP contribution is -2.31. The minimum Gasteiger partial charge on any atom is -0.461 e. The predicted octanol–water partition coefficient (Wildman–Crippen LogP) is 3.52. The quantitative estimate of drug-likeness (QED) is 0.636. The summed E-state index contributed by atoms with van der Waals surface area (Å²) in [6, 6.07) is 10.9. The van der Waals surface area contributed by atoms with Crippen LogP contribution in [0.2, 0.25) is 5.02 Å². The summed E-state index contributed by atoms with van der Waals surface area (Å²) in [6.45, 7) is 3.40. The van der Waals surface area contributed by atoms with E-state index in [-0.39, 0.29) is 5.69 Å². The molecule has 0 fully saturated rings. The maximum atomic E-state index is 11.7. The van der Waals surface area contributed by atoms with Crippen LogP contribution >= 0.6 is 11.6 Å². The first-order valence-electron chi connectivity index (χ1n) is 8.65. The first kappa shape index (κ1) is 17.5. The number of hydrogen-bond donors (Lipinski definition) is 0. The molecule has 0 atom stereocenters. The highest BCUT2D eigenvalue weighted by atomic mass is 35.5. The molecule has 0 unspecified atom stereocenters. The fraction of sp³-hybridized carbons (Fsp3) is 0.263. The Labute approximate surface area is 160 Å². The van der Waals surface area contributed by atoms with E-state index in [1.807, 2.05) is 24.3 Å². The highest BCUT2D eigenvalue weighted by molar-refractivity contribution is 6.30. The van der Waals surface area contributed by atoms with Gasteiger partial charge in [-0.3, -0.25) is 0 Å². The normalized spacial score (nSPS) is 13.3. The van der Waals surface area contributed by atoms with Gasteiger partial charge in [-0.15, -0.1) is 10.2 Å². The number of rotatable bonds is 4. The van der Waals surface area contributed by atoms with Gasteiger partial charge in [-0.1, -0.05) is 16.8 Å². The Kier molecular flexibility index (Phi) is 4.77. The minimum atomic E-state index is -0.471. The van der Waals surface area contributed by atoms with Gasteiger partial charge in [-0.25, -0.2) is 4.79 Å². The van der Waals surface area contributed by atoms with E-state index in [0.717, 1.165) is 35.5 Å². The lowest BCUT2D eigenvalue weighted by Gasteiger charge is -2.26. The molecule has 8 heteroatoms. The van der Waals surface area contributed by atoms with Crippen molar-refractivity contribution < 1.29 is 14.1 Å². The molecule has 4 rings (SSSR count). The molecule has 1 aromatic carbocycles. The highest BCUT2D eigenvalue weighted by Crippen LogP contribution is 2.32. The molecule has 0 aliphatic carbocycles. The third kappa shape index (κ3) is 3.50. The van der Waals surface area contributed by atoms with E-state index >= 15 is 0 Å². The van der Waals surface area contributed by atoms with Gasteiger partial charge in [0.2, 0.25) is 0 Å². The molecule has 0 spiro atoms. The molecular formula is C19H17ClN4O3. The first-order chi connectivity index (χ1) is 13.2. The Morgan fingerprint density at radius 2 is 2.04 bits per heavy atom. The Morgan fingerprint density at radius 3 is 2.74 bits per heavy atom. The van der Waals surface area contributed by atoms with Gasteiger partial charge >= 0.3 is 5.97 Å². The molecule has 138 valence electrons. The van der Waals surface area contributed by atoms with E-state index in [2.05, 4.69) is 20.3 Å². The zero-order chi connectivity index (χ0) is 18.8. The second kappa shape index (κ2) is 7.36. The fourth-order valence-corrected chi connectivity index (χ4v) is 3.17. The van der Waals surface area contributed by atoms with Crippen molar-refractivity contribution in [3.63, 3.8) is 0 Å². The number of benzene rings is 1. The number of aromatic nitrogens is 3. The van der Waals surface area contributed by atoms with Gasteiger partial charge in [0, 0.05) is 29.1 Å². The fourth-order valence-electron chi connectivity index (χ4n) is 3.04. The van der Waals surface area contributed by atoms with Crippen molar-refractivity contribution in [2.45, 2.75) is 19.9 Å². The Balaban J connectivity index is 1.57. The molecule has 3 aromatic rings. The Morgan fingerprint density at radius 1 is 1.22 bits per heavy atom. The van der Waals surface area contributed by atoms with Crippen LogP contribution in [0.15, 0.2) is 40.9 Å². The van der Waals surface area contributed by atoms with Crippen LogP contribution in [0.25, 0.3) is 11.3 Å². The third-order valence-electron chi connectivity index (χ3n) is 4.40. The van der Waals surface area contributed by atoms with E-state index in [9.17, 15) is 4.79 Å². The molecule has 0 amide bonds.